The van der Waals surface area contributed by atoms with Gasteiger partial charge in [-0.05, 0) is 49.4 Å². The zero-order valence-electron chi connectivity index (χ0n) is 18.4. The second kappa shape index (κ2) is 8.31. The zero-order valence-corrected chi connectivity index (χ0v) is 18.4. The summed E-state index contributed by atoms with van der Waals surface area (Å²) in [4.78, 5) is 27.1. The average molecular weight is 437 g/mol. The highest BCUT2D eigenvalue weighted by molar-refractivity contribution is 5.95. The molecule has 1 aromatic carbocycles. The van der Waals surface area contributed by atoms with E-state index in [-0.39, 0.29) is 5.91 Å². The van der Waals surface area contributed by atoms with Gasteiger partial charge in [-0.1, -0.05) is 0 Å². The normalized spacial score (nSPS) is 17.2. The number of methoxy groups -OCH3 is 1. The van der Waals surface area contributed by atoms with Gasteiger partial charge in [-0.15, -0.1) is 0 Å². The van der Waals surface area contributed by atoms with Gasteiger partial charge < -0.3 is 30.0 Å². The van der Waals surface area contributed by atoms with Gasteiger partial charge in [-0.25, -0.2) is 0 Å². The van der Waals surface area contributed by atoms with E-state index in [1.165, 1.54) is 0 Å². The van der Waals surface area contributed by atoms with Crippen LogP contribution in [0, 0.1) is 5.41 Å². The van der Waals surface area contributed by atoms with Crippen molar-refractivity contribution < 1.29 is 14.3 Å². The number of anilines is 2. The number of rotatable bonds is 6. The number of nitrogens with one attached hydrogen (secondary N) is 3. The number of fused-ring (bicyclic) bond motifs is 1. The third-order valence-electron chi connectivity index (χ3n) is 6.47. The molecule has 3 aromatic rings. The Morgan fingerprint density at radius 1 is 1.22 bits per heavy atom. The lowest BCUT2D eigenvalue weighted by Gasteiger charge is -2.48. The molecule has 168 valence electrons. The Kier molecular flexibility index (Phi) is 5.34. The molecule has 0 unspecified atom stereocenters. The third-order valence-corrected chi connectivity index (χ3v) is 6.47. The number of carbonyl (C=O) groups excluding carboxylic acids is 1. The van der Waals surface area contributed by atoms with Gasteiger partial charge in [-0.3, -0.25) is 4.79 Å². The van der Waals surface area contributed by atoms with Crippen LogP contribution in [-0.2, 0) is 0 Å². The number of H-pyrrole nitrogens is 1. The van der Waals surface area contributed by atoms with Gasteiger partial charge >= 0.3 is 0 Å². The topological polar surface area (TPSA) is 104 Å². The van der Waals surface area contributed by atoms with E-state index in [9.17, 15) is 4.79 Å². The van der Waals surface area contributed by atoms with Crippen molar-refractivity contribution in [1.82, 2.24) is 25.2 Å². The fourth-order valence-corrected chi connectivity index (χ4v) is 4.46. The first-order chi connectivity index (χ1) is 15.6. The van der Waals surface area contributed by atoms with Gasteiger partial charge in [0.25, 0.3) is 5.91 Å². The molecule has 0 bridgehead atoms. The predicted octanol–water partition coefficient (Wildman–Crippen LogP) is 2.93. The van der Waals surface area contributed by atoms with E-state index in [1.807, 2.05) is 30.0 Å². The minimum Gasteiger partial charge on any atom is -0.495 e. The summed E-state index contributed by atoms with van der Waals surface area (Å²) < 4.78 is 11.2. The highest BCUT2D eigenvalue weighted by atomic mass is 16.5. The maximum Gasteiger partial charge on any atom is 0.253 e. The molecule has 1 spiro atoms. The van der Waals surface area contributed by atoms with Crippen molar-refractivity contribution in [2.24, 2.45) is 5.41 Å². The molecule has 9 heteroatoms. The van der Waals surface area contributed by atoms with Crippen LogP contribution in [0.15, 0.2) is 30.5 Å². The SMILES string of the molecule is CCOc1nc(Nc2ccc(C(=O)N3CCC4(CC3)CNC4)cc2OC)nc2[nH]ccc12. The maximum atomic E-state index is 13.1. The fourth-order valence-electron chi connectivity index (χ4n) is 4.46. The molecule has 0 saturated carbocycles. The Balaban J connectivity index is 1.35. The molecule has 5 rings (SSSR count). The molecule has 0 aliphatic carbocycles. The number of aromatic amines is 1. The Hall–Kier alpha value is -3.33. The molecular weight excluding hydrogens is 408 g/mol. The first-order valence-corrected chi connectivity index (χ1v) is 11.0. The lowest BCUT2D eigenvalue weighted by Crippen LogP contribution is -2.58. The van der Waals surface area contributed by atoms with Crippen molar-refractivity contribution in [3.63, 3.8) is 0 Å². The average Bonchev–Trinajstić information content (AvgIpc) is 3.27. The van der Waals surface area contributed by atoms with Gasteiger partial charge in [0.05, 0.1) is 24.8 Å². The summed E-state index contributed by atoms with van der Waals surface area (Å²) in [5.41, 5.74) is 2.38. The molecule has 3 N–H and O–H groups in total. The summed E-state index contributed by atoms with van der Waals surface area (Å²) in [5.74, 6) is 1.49. The third kappa shape index (κ3) is 3.73. The molecule has 2 aromatic heterocycles. The first-order valence-electron chi connectivity index (χ1n) is 11.0. The molecule has 0 atom stereocenters. The van der Waals surface area contributed by atoms with Crippen molar-refractivity contribution in [3.8, 4) is 11.6 Å². The standard InChI is InChI=1S/C23H28N6O3/c1-3-32-20-16-6-9-25-19(16)27-22(28-20)26-17-5-4-15(12-18(17)31-2)21(30)29-10-7-23(8-11-29)13-24-14-23/h4-6,9,12,24H,3,7-8,10-11,13-14H2,1-2H3,(H2,25,26,27,28). The summed E-state index contributed by atoms with van der Waals surface area (Å²) in [7, 11) is 1.59. The van der Waals surface area contributed by atoms with E-state index in [0.29, 0.717) is 46.5 Å². The van der Waals surface area contributed by atoms with Crippen LogP contribution in [0.25, 0.3) is 11.0 Å². The lowest BCUT2D eigenvalue weighted by atomic mass is 9.73. The van der Waals surface area contributed by atoms with Crippen LogP contribution < -0.4 is 20.1 Å². The molecule has 0 radical (unpaired) electrons. The van der Waals surface area contributed by atoms with Gasteiger partial charge in [0.2, 0.25) is 11.8 Å². The number of likely N-dealkylation sites (tertiary alicyclic amines) is 1. The molecule has 2 aliphatic heterocycles. The summed E-state index contributed by atoms with van der Waals surface area (Å²) in [6, 6.07) is 7.31. The van der Waals surface area contributed by atoms with Crippen LogP contribution in [0.5, 0.6) is 11.6 Å². The van der Waals surface area contributed by atoms with Crippen molar-refractivity contribution >= 4 is 28.6 Å². The minimum absolute atomic E-state index is 0.0414. The number of benzene rings is 1. The maximum absolute atomic E-state index is 13.1. The number of piperidine rings is 1. The van der Waals surface area contributed by atoms with E-state index >= 15 is 0 Å². The van der Waals surface area contributed by atoms with Gasteiger partial charge in [0, 0.05) is 37.9 Å². The summed E-state index contributed by atoms with van der Waals surface area (Å²) >= 11 is 0. The van der Waals surface area contributed by atoms with Crippen molar-refractivity contribution in [3.05, 3.63) is 36.0 Å². The molecule has 9 nitrogen and oxygen atoms in total. The number of nitrogens with zero attached hydrogens (tertiary/aromatic N) is 3. The van der Waals surface area contributed by atoms with E-state index in [1.54, 1.807) is 19.4 Å². The summed E-state index contributed by atoms with van der Waals surface area (Å²) in [5, 5.41) is 7.38. The molecule has 4 heterocycles. The number of hydrogen-bond donors (Lipinski definition) is 3. The Morgan fingerprint density at radius 3 is 2.72 bits per heavy atom. The zero-order chi connectivity index (χ0) is 22.1. The number of ether oxygens (including phenoxy) is 2. The molecular formula is C23H28N6O3. The second-order valence-corrected chi connectivity index (χ2v) is 8.46. The summed E-state index contributed by atoms with van der Waals surface area (Å²) in [6.07, 6.45) is 3.92. The fraction of sp³-hybridized carbons (Fsp3) is 0.435. The van der Waals surface area contributed by atoms with Crippen LogP contribution >= 0.6 is 0 Å². The van der Waals surface area contributed by atoms with Crippen LogP contribution in [0.2, 0.25) is 0 Å². The van der Waals surface area contributed by atoms with Crippen LogP contribution in [0.4, 0.5) is 11.6 Å². The minimum atomic E-state index is 0.0414. The molecule has 2 saturated heterocycles. The van der Waals surface area contributed by atoms with Gasteiger partial charge in [0.1, 0.15) is 11.4 Å². The number of aromatic nitrogens is 3. The van der Waals surface area contributed by atoms with E-state index in [0.717, 1.165) is 44.4 Å². The Labute approximate surface area is 186 Å². The summed E-state index contributed by atoms with van der Waals surface area (Å²) in [6.45, 7) is 6.16. The molecule has 1 amide bonds. The van der Waals surface area contributed by atoms with Gasteiger partial charge in [-0.2, -0.15) is 9.97 Å². The van der Waals surface area contributed by atoms with Crippen molar-refractivity contribution in [2.45, 2.75) is 19.8 Å². The van der Waals surface area contributed by atoms with Gasteiger partial charge in [0.15, 0.2) is 0 Å². The highest BCUT2D eigenvalue weighted by Crippen LogP contribution is 2.36. The van der Waals surface area contributed by atoms with Crippen molar-refractivity contribution in [2.75, 3.05) is 45.2 Å². The Bertz CT molecular complexity index is 1130. The molecule has 2 aliphatic rings. The largest absolute Gasteiger partial charge is 0.495 e. The molecule has 32 heavy (non-hydrogen) atoms. The predicted molar refractivity (Wildman–Crippen MR) is 122 cm³/mol. The number of hydrogen-bond acceptors (Lipinski definition) is 7. The first kappa shape index (κ1) is 20.6. The second-order valence-electron chi connectivity index (χ2n) is 8.46. The van der Waals surface area contributed by atoms with Crippen LogP contribution in [-0.4, -0.2) is 65.7 Å². The number of carbonyl (C=O) groups is 1. The molecule has 2 fully saturated rings. The van der Waals surface area contributed by atoms with Crippen LogP contribution in [0.1, 0.15) is 30.1 Å². The number of amides is 1. The van der Waals surface area contributed by atoms with E-state index < -0.39 is 0 Å². The monoisotopic (exact) mass is 436 g/mol. The highest BCUT2D eigenvalue weighted by Gasteiger charge is 2.40. The van der Waals surface area contributed by atoms with E-state index in [2.05, 4.69) is 25.6 Å². The quantitative estimate of drug-likeness (QED) is 0.546. The smallest absolute Gasteiger partial charge is 0.253 e. The lowest BCUT2D eigenvalue weighted by molar-refractivity contribution is 0.0414. The van der Waals surface area contributed by atoms with E-state index in [4.69, 9.17) is 9.47 Å². The van der Waals surface area contributed by atoms with Crippen molar-refractivity contribution in [1.29, 1.82) is 0 Å². The Morgan fingerprint density at radius 2 is 2.03 bits per heavy atom. The van der Waals surface area contributed by atoms with Crippen LogP contribution in [0.3, 0.4) is 0 Å².